The highest BCUT2D eigenvalue weighted by Gasteiger charge is 1.95. The minimum atomic E-state index is 0. The molecule has 0 aromatic rings. The Hall–Kier alpha value is 0. The zero-order chi connectivity index (χ0) is 13.0. The van der Waals surface area contributed by atoms with E-state index in [1.165, 1.54) is 6.42 Å². The van der Waals surface area contributed by atoms with Gasteiger partial charge in [-0.15, -0.1) is 0 Å². The molecular formula is C17H44. The zero-order valence-electron chi connectivity index (χ0n) is 13.0. The molecule has 0 unspecified atom stereocenters. The highest BCUT2D eigenvalue weighted by atomic mass is 14.0. The second-order valence-corrected chi connectivity index (χ2v) is 6.02. The second kappa shape index (κ2) is 21.3. The number of rotatable bonds is 2. The van der Waals surface area contributed by atoms with E-state index >= 15 is 0 Å². The van der Waals surface area contributed by atoms with Crippen molar-refractivity contribution in [1.29, 1.82) is 0 Å². The summed E-state index contributed by atoms with van der Waals surface area (Å²) in [5, 5.41) is 0. The van der Waals surface area contributed by atoms with Gasteiger partial charge in [0.2, 0.25) is 0 Å². The van der Waals surface area contributed by atoms with Crippen LogP contribution >= 0.6 is 0 Å². The topological polar surface area (TPSA) is 0 Å². The fourth-order valence-electron chi connectivity index (χ4n) is 0. The van der Waals surface area contributed by atoms with Crippen molar-refractivity contribution in [3.05, 3.63) is 0 Å². The molecule has 17 heavy (non-hydrogen) atoms. The van der Waals surface area contributed by atoms with Crippen LogP contribution in [0.4, 0.5) is 0 Å². The molecule has 0 amide bonds. The summed E-state index contributed by atoms with van der Waals surface area (Å²) < 4.78 is 0. The molecule has 0 heteroatoms. The SMILES string of the molecule is C.C.CC(C)C.CC(C)C(C)C.CCC(C)C. The van der Waals surface area contributed by atoms with Crippen LogP contribution in [0.2, 0.25) is 0 Å². The summed E-state index contributed by atoms with van der Waals surface area (Å²) in [4.78, 5) is 0. The van der Waals surface area contributed by atoms with Gasteiger partial charge in [0.05, 0.1) is 0 Å². The lowest BCUT2D eigenvalue weighted by atomic mass is 10.0. The molecule has 0 radical (unpaired) electrons. The molecule has 0 rings (SSSR count). The molecule has 0 N–H and O–H groups in total. The molecule has 0 bridgehead atoms. The average Bonchev–Trinajstić information content (AvgIpc) is 2.04. The van der Waals surface area contributed by atoms with Crippen LogP contribution in [0.3, 0.4) is 0 Å². The Morgan fingerprint density at radius 3 is 0.706 bits per heavy atom. The van der Waals surface area contributed by atoms with Gasteiger partial charge in [-0.05, 0) is 23.7 Å². The fourth-order valence-corrected chi connectivity index (χ4v) is 0. The summed E-state index contributed by atoms with van der Waals surface area (Å²) in [6, 6.07) is 0. The van der Waals surface area contributed by atoms with Gasteiger partial charge >= 0.3 is 0 Å². The first-order valence-corrected chi connectivity index (χ1v) is 6.64. The molecule has 0 aliphatic rings. The number of hydrogen-bond acceptors (Lipinski definition) is 0. The van der Waals surface area contributed by atoms with Crippen molar-refractivity contribution in [2.75, 3.05) is 0 Å². The van der Waals surface area contributed by atoms with Crippen molar-refractivity contribution in [3.8, 4) is 0 Å². The van der Waals surface area contributed by atoms with E-state index in [1.807, 2.05) is 0 Å². The Kier molecular flexibility index (Phi) is 37.9. The van der Waals surface area contributed by atoms with E-state index in [0.29, 0.717) is 0 Å². The summed E-state index contributed by atoms with van der Waals surface area (Å²) >= 11 is 0. The lowest BCUT2D eigenvalue weighted by Gasteiger charge is -2.05. The van der Waals surface area contributed by atoms with Crippen LogP contribution in [0, 0.1) is 23.7 Å². The fraction of sp³-hybridized carbons (Fsp3) is 1.00. The first kappa shape index (κ1) is 30.2. The first-order valence-electron chi connectivity index (χ1n) is 6.64. The van der Waals surface area contributed by atoms with E-state index in [-0.39, 0.29) is 14.9 Å². The van der Waals surface area contributed by atoms with Crippen molar-refractivity contribution in [3.63, 3.8) is 0 Å². The van der Waals surface area contributed by atoms with E-state index < -0.39 is 0 Å². The summed E-state index contributed by atoms with van der Waals surface area (Å²) in [6.07, 6.45) is 1.31. The maximum absolute atomic E-state index is 2.24. The lowest BCUT2D eigenvalue weighted by Crippen LogP contribution is -1.95. The van der Waals surface area contributed by atoms with Crippen molar-refractivity contribution in [2.45, 2.75) is 90.5 Å². The van der Waals surface area contributed by atoms with Crippen LogP contribution in [0.25, 0.3) is 0 Å². The highest BCUT2D eigenvalue weighted by molar-refractivity contribution is 4.46. The molecule has 0 fully saturated rings. The normalized spacial score (nSPS) is 8.82. The summed E-state index contributed by atoms with van der Waals surface area (Å²) in [6.45, 7) is 22.1. The van der Waals surface area contributed by atoms with Crippen molar-refractivity contribution < 1.29 is 0 Å². The third-order valence-corrected chi connectivity index (χ3v) is 2.15. The molecule has 0 aromatic heterocycles. The van der Waals surface area contributed by atoms with Gasteiger partial charge in [-0.25, -0.2) is 0 Å². The van der Waals surface area contributed by atoms with E-state index in [9.17, 15) is 0 Å². The lowest BCUT2D eigenvalue weighted by molar-refractivity contribution is 0.457. The summed E-state index contributed by atoms with van der Waals surface area (Å²) in [5.74, 6) is 3.42. The minimum Gasteiger partial charge on any atom is -0.0776 e. The quantitative estimate of drug-likeness (QED) is 0.481. The van der Waals surface area contributed by atoms with E-state index in [0.717, 1.165) is 23.7 Å². The minimum absolute atomic E-state index is 0. The monoisotopic (exact) mass is 248 g/mol. The molecule has 0 spiro atoms. The van der Waals surface area contributed by atoms with Crippen LogP contribution in [0.1, 0.15) is 90.5 Å². The smallest absolute Gasteiger partial charge is 0.0448 e. The average molecular weight is 249 g/mol. The number of hydrogen-bond donors (Lipinski definition) is 0. The Bertz CT molecular complexity index is 79.5. The predicted octanol–water partition coefficient (Wildman–Crippen LogP) is 7.29. The molecule has 0 saturated heterocycles. The van der Waals surface area contributed by atoms with Crippen molar-refractivity contribution >= 4 is 0 Å². The van der Waals surface area contributed by atoms with Gasteiger partial charge in [-0.2, -0.15) is 0 Å². The van der Waals surface area contributed by atoms with E-state index in [2.05, 4.69) is 69.2 Å². The van der Waals surface area contributed by atoms with Crippen LogP contribution < -0.4 is 0 Å². The molecule has 0 aliphatic carbocycles. The maximum Gasteiger partial charge on any atom is -0.0448 e. The predicted molar refractivity (Wildman–Crippen MR) is 88.8 cm³/mol. The second-order valence-electron chi connectivity index (χ2n) is 6.02. The van der Waals surface area contributed by atoms with Crippen molar-refractivity contribution in [1.82, 2.24) is 0 Å². The molecule has 0 saturated carbocycles. The Balaban J connectivity index is -0.0000000407. The van der Waals surface area contributed by atoms with Crippen molar-refractivity contribution in [2.24, 2.45) is 23.7 Å². The largest absolute Gasteiger partial charge is 0.0776 e. The van der Waals surface area contributed by atoms with Crippen LogP contribution in [0.15, 0.2) is 0 Å². The zero-order valence-corrected chi connectivity index (χ0v) is 13.0. The molecule has 112 valence electrons. The molecule has 0 atom stereocenters. The standard InChI is InChI=1S/C6H14.C5H12.C4H10.2CH4/c1-5(2)6(3)4;1-4-5(2)3;1-4(2)3;;/h5-6H,1-4H3;5H,4H2,1-3H3;4H,1-3H3;2*1H4. The molecular weight excluding hydrogens is 204 g/mol. The van der Waals surface area contributed by atoms with Gasteiger partial charge in [-0.1, -0.05) is 90.5 Å². The maximum atomic E-state index is 2.24. The van der Waals surface area contributed by atoms with Gasteiger partial charge in [0.1, 0.15) is 0 Å². The highest BCUT2D eigenvalue weighted by Crippen LogP contribution is 2.05. The third-order valence-electron chi connectivity index (χ3n) is 2.15. The summed E-state index contributed by atoms with van der Waals surface area (Å²) in [7, 11) is 0. The third kappa shape index (κ3) is 87.1. The molecule has 0 aliphatic heterocycles. The van der Waals surface area contributed by atoms with Gasteiger partial charge in [0.25, 0.3) is 0 Å². The Morgan fingerprint density at radius 1 is 0.588 bits per heavy atom. The molecule has 0 nitrogen and oxygen atoms in total. The van der Waals surface area contributed by atoms with Gasteiger partial charge in [0, 0.05) is 0 Å². The van der Waals surface area contributed by atoms with Crippen LogP contribution in [-0.2, 0) is 0 Å². The molecule has 0 aromatic carbocycles. The van der Waals surface area contributed by atoms with Gasteiger partial charge < -0.3 is 0 Å². The summed E-state index contributed by atoms with van der Waals surface area (Å²) in [5.41, 5.74) is 0. The first-order chi connectivity index (χ1) is 6.64. The Morgan fingerprint density at radius 2 is 0.706 bits per heavy atom. The van der Waals surface area contributed by atoms with E-state index in [1.54, 1.807) is 0 Å². The van der Waals surface area contributed by atoms with Gasteiger partial charge in [-0.3, -0.25) is 0 Å². The van der Waals surface area contributed by atoms with Gasteiger partial charge in [0.15, 0.2) is 0 Å². The van der Waals surface area contributed by atoms with Crippen LogP contribution in [-0.4, -0.2) is 0 Å². The van der Waals surface area contributed by atoms with Crippen LogP contribution in [0.5, 0.6) is 0 Å². The Labute approximate surface area is 115 Å². The molecule has 0 heterocycles. The van der Waals surface area contributed by atoms with E-state index in [4.69, 9.17) is 0 Å².